The summed E-state index contributed by atoms with van der Waals surface area (Å²) in [5.41, 5.74) is 0.878. The highest BCUT2D eigenvalue weighted by Crippen LogP contribution is 2.16. The molecule has 0 radical (unpaired) electrons. The lowest BCUT2D eigenvalue weighted by molar-refractivity contribution is -0.124. The number of nitrogens with one attached hydrogen (secondary N) is 2. The van der Waals surface area contributed by atoms with Gasteiger partial charge in [-0.2, -0.15) is 5.26 Å². The van der Waals surface area contributed by atoms with Crippen LogP contribution < -0.4 is 14.8 Å². The van der Waals surface area contributed by atoms with Gasteiger partial charge in [-0.15, -0.1) is 0 Å². The quantitative estimate of drug-likeness (QED) is 0.428. The zero-order valence-electron chi connectivity index (χ0n) is 16.3. The SMILES string of the molecule is COc1ccccc1CNC(=O)COC(=O)c1ccc(S(=O)(=O)NCCC#N)cc1. The van der Waals surface area contributed by atoms with Crippen LogP contribution in [0.1, 0.15) is 22.3 Å². The van der Waals surface area contributed by atoms with Crippen LogP contribution >= 0.6 is 0 Å². The minimum atomic E-state index is -3.77. The van der Waals surface area contributed by atoms with Gasteiger partial charge < -0.3 is 14.8 Å². The summed E-state index contributed by atoms with van der Waals surface area (Å²) >= 11 is 0. The smallest absolute Gasteiger partial charge is 0.338 e. The summed E-state index contributed by atoms with van der Waals surface area (Å²) in [5.74, 6) is -0.620. The molecular formula is C20H21N3O6S. The highest BCUT2D eigenvalue weighted by molar-refractivity contribution is 7.89. The Kier molecular flexibility index (Phi) is 8.34. The maximum absolute atomic E-state index is 12.1. The zero-order chi connectivity index (χ0) is 22.0. The van der Waals surface area contributed by atoms with Crippen LogP contribution in [-0.4, -0.2) is 40.6 Å². The summed E-state index contributed by atoms with van der Waals surface area (Å²) < 4.78 is 36.5. The van der Waals surface area contributed by atoms with Gasteiger partial charge >= 0.3 is 5.97 Å². The molecule has 0 aliphatic heterocycles. The van der Waals surface area contributed by atoms with Gasteiger partial charge in [-0.3, -0.25) is 4.79 Å². The summed E-state index contributed by atoms with van der Waals surface area (Å²) in [6, 6.07) is 14.1. The number of benzene rings is 2. The Morgan fingerprint density at radius 1 is 1.10 bits per heavy atom. The maximum Gasteiger partial charge on any atom is 0.338 e. The summed E-state index contributed by atoms with van der Waals surface area (Å²) in [5, 5.41) is 11.1. The summed E-state index contributed by atoms with van der Waals surface area (Å²) in [6.07, 6.45) is 0.0444. The largest absolute Gasteiger partial charge is 0.496 e. The molecule has 2 rings (SSSR count). The first kappa shape index (κ1) is 22.9. The second-order valence-electron chi connectivity index (χ2n) is 5.99. The van der Waals surface area contributed by atoms with Gasteiger partial charge in [-0.05, 0) is 30.3 Å². The number of carbonyl (C=O) groups excluding carboxylic acids is 2. The Bertz CT molecular complexity index is 1030. The molecule has 9 nitrogen and oxygen atoms in total. The number of amides is 1. The van der Waals surface area contributed by atoms with Crippen LogP contribution in [0.5, 0.6) is 5.75 Å². The van der Waals surface area contributed by atoms with E-state index < -0.39 is 28.5 Å². The molecule has 0 atom stereocenters. The number of sulfonamides is 1. The van der Waals surface area contributed by atoms with E-state index in [4.69, 9.17) is 14.7 Å². The number of nitriles is 1. The summed E-state index contributed by atoms with van der Waals surface area (Å²) in [7, 11) is -2.24. The molecule has 0 fully saturated rings. The molecule has 2 aromatic rings. The topological polar surface area (TPSA) is 135 Å². The van der Waals surface area contributed by atoms with Crippen molar-refractivity contribution in [2.45, 2.75) is 17.9 Å². The molecule has 0 bridgehead atoms. The van der Waals surface area contributed by atoms with Gasteiger partial charge in [0.1, 0.15) is 5.75 Å². The lowest BCUT2D eigenvalue weighted by Gasteiger charge is -2.10. The van der Waals surface area contributed by atoms with Gasteiger partial charge in [0.15, 0.2) is 6.61 Å². The van der Waals surface area contributed by atoms with Gasteiger partial charge in [0.05, 0.1) is 23.6 Å². The minimum absolute atomic E-state index is 0.00735. The molecule has 2 N–H and O–H groups in total. The molecule has 158 valence electrons. The molecule has 30 heavy (non-hydrogen) atoms. The van der Waals surface area contributed by atoms with Gasteiger partial charge in [0.25, 0.3) is 5.91 Å². The van der Waals surface area contributed by atoms with Crippen LogP contribution in [-0.2, 0) is 26.1 Å². The molecule has 0 aliphatic rings. The number of para-hydroxylation sites is 1. The first-order valence-corrected chi connectivity index (χ1v) is 10.4. The van der Waals surface area contributed by atoms with E-state index in [0.717, 1.165) is 5.56 Å². The molecule has 0 unspecified atom stereocenters. The van der Waals surface area contributed by atoms with Crippen molar-refractivity contribution in [3.63, 3.8) is 0 Å². The predicted octanol–water partition coefficient (Wildman–Crippen LogP) is 1.36. The van der Waals surface area contributed by atoms with Crippen LogP contribution in [0.3, 0.4) is 0 Å². The van der Waals surface area contributed by atoms with Crippen LogP contribution in [0, 0.1) is 11.3 Å². The van der Waals surface area contributed by atoms with E-state index >= 15 is 0 Å². The van der Waals surface area contributed by atoms with E-state index in [1.165, 1.54) is 31.4 Å². The second kappa shape index (κ2) is 10.9. The van der Waals surface area contributed by atoms with Crippen molar-refractivity contribution in [1.82, 2.24) is 10.0 Å². The Hall–Kier alpha value is -3.42. The molecule has 10 heteroatoms. The maximum atomic E-state index is 12.1. The number of hydrogen-bond acceptors (Lipinski definition) is 7. The first-order valence-electron chi connectivity index (χ1n) is 8.90. The molecule has 1 amide bonds. The standard InChI is InChI=1S/C20H21N3O6S/c1-28-18-6-3-2-5-16(18)13-22-19(24)14-29-20(25)15-7-9-17(10-8-15)30(26,27)23-12-4-11-21/h2-3,5-10,23H,4,12-14H2,1H3,(H,22,24). The number of nitrogens with zero attached hydrogens (tertiary/aromatic N) is 1. The van der Waals surface area contributed by atoms with E-state index in [0.29, 0.717) is 5.75 Å². The highest BCUT2D eigenvalue weighted by atomic mass is 32.2. The average molecular weight is 431 g/mol. The van der Waals surface area contributed by atoms with Crippen molar-refractivity contribution < 1.29 is 27.5 Å². The number of esters is 1. The van der Waals surface area contributed by atoms with Crippen molar-refractivity contribution in [2.75, 3.05) is 20.3 Å². The highest BCUT2D eigenvalue weighted by Gasteiger charge is 2.15. The van der Waals surface area contributed by atoms with Gasteiger partial charge in [0, 0.05) is 25.1 Å². The molecule has 0 aromatic heterocycles. The van der Waals surface area contributed by atoms with Gasteiger partial charge in [-0.1, -0.05) is 18.2 Å². The van der Waals surface area contributed by atoms with Crippen LogP contribution in [0.25, 0.3) is 0 Å². The second-order valence-corrected chi connectivity index (χ2v) is 7.76. The third-order valence-corrected chi connectivity index (χ3v) is 5.41. The third-order valence-electron chi connectivity index (χ3n) is 3.93. The fourth-order valence-electron chi connectivity index (χ4n) is 2.40. The number of hydrogen-bond donors (Lipinski definition) is 2. The first-order chi connectivity index (χ1) is 14.4. The van der Waals surface area contributed by atoms with Gasteiger partial charge in [0.2, 0.25) is 10.0 Å². The molecule has 0 saturated heterocycles. The molecule has 0 saturated carbocycles. The predicted molar refractivity (Wildman–Crippen MR) is 107 cm³/mol. The number of carbonyl (C=O) groups is 2. The van der Waals surface area contributed by atoms with Crippen LogP contribution in [0.15, 0.2) is 53.4 Å². The molecule has 0 spiro atoms. The fourth-order valence-corrected chi connectivity index (χ4v) is 3.43. The van der Waals surface area contributed by atoms with Crippen LogP contribution in [0.4, 0.5) is 0 Å². The Balaban J connectivity index is 1.86. The third kappa shape index (κ3) is 6.58. The Morgan fingerprint density at radius 2 is 1.80 bits per heavy atom. The normalized spacial score (nSPS) is 10.7. The summed E-state index contributed by atoms with van der Waals surface area (Å²) in [6.45, 7) is -0.276. The van der Waals surface area contributed by atoms with E-state index in [1.807, 2.05) is 18.2 Å². The Morgan fingerprint density at radius 3 is 2.47 bits per heavy atom. The lowest BCUT2D eigenvalue weighted by atomic mass is 10.2. The van der Waals surface area contributed by atoms with E-state index in [9.17, 15) is 18.0 Å². The Labute approximate surface area is 174 Å². The number of rotatable bonds is 10. The van der Waals surface area contributed by atoms with E-state index in [-0.39, 0.29) is 30.0 Å². The molecular weight excluding hydrogens is 410 g/mol. The van der Waals surface area contributed by atoms with Crippen molar-refractivity contribution >= 4 is 21.9 Å². The number of methoxy groups -OCH3 is 1. The molecule has 0 aliphatic carbocycles. The van der Waals surface area contributed by atoms with Crippen molar-refractivity contribution in [3.05, 3.63) is 59.7 Å². The average Bonchev–Trinajstić information content (AvgIpc) is 2.76. The minimum Gasteiger partial charge on any atom is -0.496 e. The van der Waals surface area contributed by atoms with Crippen molar-refractivity contribution in [2.24, 2.45) is 0 Å². The summed E-state index contributed by atoms with van der Waals surface area (Å²) in [4.78, 5) is 23.9. The monoisotopic (exact) mass is 431 g/mol. The zero-order valence-corrected chi connectivity index (χ0v) is 17.1. The molecule has 2 aromatic carbocycles. The van der Waals surface area contributed by atoms with Crippen molar-refractivity contribution in [1.29, 1.82) is 5.26 Å². The lowest BCUT2D eigenvalue weighted by Crippen LogP contribution is -2.28. The van der Waals surface area contributed by atoms with Crippen molar-refractivity contribution in [3.8, 4) is 11.8 Å². The fraction of sp³-hybridized carbons (Fsp3) is 0.250. The van der Waals surface area contributed by atoms with Crippen LogP contribution in [0.2, 0.25) is 0 Å². The van der Waals surface area contributed by atoms with Gasteiger partial charge in [-0.25, -0.2) is 17.9 Å². The number of ether oxygens (including phenoxy) is 2. The molecule has 0 heterocycles. The van der Waals surface area contributed by atoms with E-state index in [2.05, 4.69) is 10.0 Å². The van der Waals surface area contributed by atoms with E-state index in [1.54, 1.807) is 12.1 Å².